The molecule has 0 aromatic heterocycles. The quantitative estimate of drug-likeness (QED) is 0.0924. The fraction of sp³-hybridized carbons (Fsp3) is 0.731. The molecule has 2 fully saturated rings. The molecule has 15 nitrogen and oxygen atoms in total. The van der Waals surface area contributed by atoms with E-state index in [1.54, 1.807) is 0 Å². The number of nitrogens with one attached hydrogen (secondary N) is 2. The van der Waals surface area contributed by atoms with E-state index in [-0.39, 0.29) is 6.61 Å². The number of hydrogen-bond acceptors (Lipinski definition) is 14. The number of amides is 1. The highest BCUT2D eigenvalue weighted by Gasteiger charge is 2.50. The number of alkyl carbamates (subject to hydrolysis) is 1. The van der Waals surface area contributed by atoms with Gasteiger partial charge in [-0.05, 0) is 24.9 Å². The molecule has 2 heterocycles. The van der Waals surface area contributed by atoms with Crippen molar-refractivity contribution in [3.8, 4) is 0 Å². The standard InChI is InChI=1S/C26H42N2O13/c29-12-16-18(31)19(32)22(35)25(40-16)41-23-17(13-30)39-24(21(34)20(23)33)27-8-4-10-37-11-5-9-28-26(36)38-14-15-6-2-1-3-7-15/h1-3,6-7,16-25,27,29-35H,4-5,8-14H2,(H,28,36)/t16?,17?,18-,19+,20-,21?,22?,23-,24+,25-/m1/s1. The number of benzene rings is 1. The van der Waals surface area contributed by atoms with E-state index in [0.717, 1.165) is 5.56 Å². The van der Waals surface area contributed by atoms with E-state index >= 15 is 0 Å². The summed E-state index contributed by atoms with van der Waals surface area (Å²) in [4.78, 5) is 11.7. The van der Waals surface area contributed by atoms with Crippen molar-refractivity contribution in [3.05, 3.63) is 35.9 Å². The van der Waals surface area contributed by atoms with Crippen molar-refractivity contribution in [1.29, 1.82) is 0 Å². The summed E-state index contributed by atoms with van der Waals surface area (Å²) in [5.74, 6) is 0. The van der Waals surface area contributed by atoms with Gasteiger partial charge in [0.15, 0.2) is 6.29 Å². The predicted octanol–water partition coefficient (Wildman–Crippen LogP) is -3.08. The first-order chi connectivity index (χ1) is 19.8. The van der Waals surface area contributed by atoms with Crippen LogP contribution in [0.4, 0.5) is 4.79 Å². The summed E-state index contributed by atoms with van der Waals surface area (Å²) in [6, 6.07) is 9.34. The molecule has 2 saturated heterocycles. The van der Waals surface area contributed by atoms with E-state index in [1.165, 1.54) is 0 Å². The van der Waals surface area contributed by atoms with E-state index in [4.69, 9.17) is 23.7 Å². The van der Waals surface area contributed by atoms with E-state index in [0.29, 0.717) is 39.1 Å². The summed E-state index contributed by atoms with van der Waals surface area (Å²) >= 11 is 0. The summed E-state index contributed by atoms with van der Waals surface area (Å²) in [5.41, 5.74) is 0.897. The largest absolute Gasteiger partial charge is 0.445 e. The number of rotatable bonds is 15. The van der Waals surface area contributed by atoms with Crippen LogP contribution in [0, 0.1) is 0 Å². The molecule has 3 rings (SSSR count). The molecule has 1 aromatic carbocycles. The molecule has 0 bridgehead atoms. The van der Waals surface area contributed by atoms with Crippen molar-refractivity contribution in [1.82, 2.24) is 10.6 Å². The first-order valence-corrected chi connectivity index (χ1v) is 13.6. The van der Waals surface area contributed by atoms with Crippen LogP contribution in [0.25, 0.3) is 0 Å². The van der Waals surface area contributed by atoms with Crippen LogP contribution in [-0.4, -0.2) is 143 Å². The van der Waals surface area contributed by atoms with Gasteiger partial charge in [0.05, 0.1) is 13.2 Å². The molecule has 0 spiro atoms. The molecule has 2 aliphatic rings. The van der Waals surface area contributed by atoms with Crippen molar-refractivity contribution in [3.63, 3.8) is 0 Å². The fourth-order valence-corrected chi connectivity index (χ4v) is 4.42. The third-order valence-electron chi connectivity index (χ3n) is 6.76. The Balaban J connectivity index is 1.30. The molecule has 9 N–H and O–H groups in total. The zero-order chi connectivity index (χ0) is 29.8. The van der Waals surface area contributed by atoms with Crippen molar-refractivity contribution in [2.45, 2.75) is 80.8 Å². The van der Waals surface area contributed by atoms with Crippen molar-refractivity contribution in [2.24, 2.45) is 0 Å². The fourth-order valence-electron chi connectivity index (χ4n) is 4.42. The van der Waals surface area contributed by atoms with Crippen LogP contribution in [0.1, 0.15) is 18.4 Å². The molecule has 2 aliphatic heterocycles. The number of ether oxygens (including phenoxy) is 5. The van der Waals surface area contributed by atoms with Crippen LogP contribution in [-0.2, 0) is 30.3 Å². The molecule has 10 atom stereocenters. The Morgan fingerprint density at radius 1 is 0.805 bits per heavy atom. The lowest BCUT2D eigenvalue weighted by Crippen LogP contribution is -2.66. The van der Waals surface area contributed by atoms with Gasteiger partial charge in [-0.2, -0.15) is 0 Å². The lowest BCUT2D eigenvalue weighted by Gasteiger charge is -2.46. The van der Waals surface area contributed by atoms with E-state index in [1.807, 2.05) is 30.3 Å². The third-order valence-corrected chi connectivity index (χ3v) is 6.76. The SMILES string of the molecule is O=C(NCCCOCCCN[C@H]1OC(CO)[C@@H](O[C@H]2OC(CO)[C@@H](O)[C@H](O)C2O)[C@H](O)C1O)OCc1ccccc1. The van der Waals surface area contributed by atoms with Crippen LogP contribution in [0.5, 0.6) is 0 Å². The maximum absolute atomic E-state index is 11.7. The number of hydrogen-bond donors (Lipinski definition) is 9. The Morgan fingerprint density at radius 3 is 2.17 bits per heavy atom. The van der Waals surface area contributed by atoms with Gasteiger partial charge in [0.25, 0.3) is 0 Å². The van der Waals surface area contributed by atoms with Gasteiger partial charge in [-0.25, -0.2) is 4.79 Å². The second kappa shape index (κ2) is 17.2. The Bertz CT molecular complexity index is 880. The van der Waals surface area contributed by atoms with Crippen LogP contribution >= 0.6 is 0 Å². The molecule has 234 valence electrons. The minimum absolute atomic E-state index is 0.192. The average Bonchev–Trinajstić information content (AvgIpc) is 2.99. The molecule has 15 heteroatoms. The normalized spacial score (nSPS) is 33.8. The zero-order valence-corrected chi connectivity index (χ0v) is 22.6. The van der Waals surface area contributed by atoms with Crippen LogP contribution < -0.4 is 10.6 Å². The molecular weight excluding hydrogens is 548 g/mol. The molecule has 0 saturated carbocycles. The minimum Gasteiger partial charge on any atom is -0.445 e. The first-order valence-electron chi connectivity index (χ1n) is 13.6. The molecule has 1 aromatic rings. The monoisotopic (exact) mass is 590 g/mol. The molecule has 1 amide bonds. The maximum atomic E-state index is 11.7. The van der Waals surface area contributed by atoms with Crippen LogP contribution in [0.2, 0.25) is 0 Å². The summed E-state index contributed by atoms with van der Waals surface area (Å²) < 4.78 is 27.1. The van der Waals surface area contributed by atoms with Gasteiger partial charge < -0.3 is 64.7 Å². The summed E-state index contributed by atoms with van der Waals surface area (Å²) in [6.07, 6.45) is -13.8. The molecule has 0 radical (unpaired) electrons. The number of aliphatic hydroxyl groups is 7. The number of carbonyl (C=O) groups excluding carboxylic acids is 1. The highest BCUT2D eigenvalue weighted by atomic mass is 16.7. The Morgan fingerprint density at radius 2 is 1.49 bits per heavy atom. The van der Waals surface area contributed by atoms with Crippen LogP contribution in [0.3, 0.4) is 0 Å². The Hall–Kier alpha value is -1.99. The summed E-state index contributed by atoms with van der Waals surface area (Å²) in [5, 5.41) is 76.0. The summed E-state index contributed by atoms with van der Waals surface area (Å²) in [7, 11) is 0. The lowest BCUT2D eigenvalue weighted by atomic mass is 9.96. The Kier molecular flexibility index (Phi) is 14.1. The first kappa shape index (κ1) is 33.5. The smallest absolute Gasteiger partial charge is 0.407 e. The highest BCUT2D eigenvalue weighted by Crippen LogP contribution is 2.28. The Labute approximate surface area is 237 Å². The molecule has 41 heavy (non-hydrogen) atoms. The van der Waals surface area contributed by atoms with Crippen molar-refractivity contribution in [2.75, 3.05) is 39.5 Å². The summed E-state index contributed by atoms with van der Waals surface area (Å²) in [6.45, 7) is 0.429. The van der Waals surface area contributed by atoms with Crippen LogP contribution in [0.15, 0.2) is 30.3 Å². The maximum Gasteiger partial charge on any atom is 0.407 e. The van der Waals surface area contributed by atoms with Gasteiger partial charge >= 0.3 is 6.09 Å². The lowest BCUT2D eigenvalue weighted by molar-refractivity contribution is -0.343. The predicted molar refractivity (Wildman–Crippen MR) is 139 cm³/mol. The van der Waals surface area contributed by atoms with Gasteiger partial charge in [-0.1, -0.05) is 30.3 Å². The van der Waals surface area contributed by atoms with Gasteiger partial charge in [-0.15, -0.1) is 0 Å². The molecule has 4 unspecified atom stereocenters. The van der Waals surface area contributed by atoms with Gasteiger partial charge in [-0.3, -0.25) is 5.32 Å². The van der Waals surface area contributed by atoms with E-state index < -0.39 is 80.7 Å². The van der Waals surface area contributed by atoms with E-state index in [9.17, 15) is 40.5 Å². The minimum atomic E-state index is -1.73. The van der Waals surface area contributed by atoms with Crippen molar-refractivity contribution >= 4 is 6.09 Å². The van der Waals surface area contributed by atoms with E-state index in [2.05, 4.69) is 10.6 Å². The second-order valence-electron chi connectivity index (χ2n) is 9.82. The van der Waals surface area contributed by atoms with Gasteiger partial charge in [0.2, 0.25) is 0 Å². The van der Waals surface area contributed by atoms with Gasteiger partial charge in [0, 0.05) is 19.8 Å². The number of carbonyl (C=O) groups is 1. The number of aliphatic hydroxyl groups excluding tert-OH is 7. The zero-order valence-electron chi connectivity index (χ0n) is 22.6. The molecule has 0 aliphatic carbocycles. The second-order valence-corrected chi connectivity index (χ2v) is 9.82. The molecular formula is C26H42N2O13. The van der Waals surface area contributed by atoms with Crippen molar-refractivity contribution < 1.29 is 64.2 Å². The third kappa shape index (κ3) is 9.77. The highest BCUT2D eigenvalue weighted by molar-refractivity contribution is 5.67. The van der Waals surface area contributed by atoms with Gasteiger partial charge in [0.1, 0.15) is 61.7 Å². The average molecular weight is 591 g/mol. The topological polar surface area (TPSA) is 229 Å².